The summed E-state index contributed by atoms with van der Waals surface area (Å²) in [6, 6.07) is 11.2. The summed E-state index contributed by atoms with van der Waals surface area (Å²) in [7, 11) is 0. The van der Waals surface area contributed by atoms with E-state index in [0.717, 1.165) is 57.9 Å². The zero-order valence-corrected chi connectivity index (χ0v) is 21.1. The molecule has 1 N–H and O–H groups in total. The largest absolute Gasteiger partial charge is 0.493 e. The molecule has 0 saturated carbocycles. The van der Waals surface area contributed by atoms with E-state index in [1.54, 1.807) is 0 Å². The Kier molecular flexibility index (Phi) is 7.99. The molecule has 3 atom stereocenters. The van der Waals surface area contributed by atoms with Gasteiger partial charge in [0.15, 0.2) is 0 Å². The van der Waals surface area contributed by atoms with Gasteiger partial charge in [0.05, 0.1) is 12.5 Å². The summed E-state index contributed by atoms with van der Waals surface area (Å²) in [5, 5.41) is 3.31. The molecular formula is C29H40N4O2. The first kappa shape index (κ1) is 24.3. The molecule has 2 aliphatic heterocycles. The van der Waals surface area contributed by atoms with Crippen molar-refractivity contribution in [3.05, 3.63) is 59.4 Å². The highest BCUT2D eigenvalue weighted by molar-refractivity contribution is 5.79. The van der Waals surface area contributed by atoms with Gasteiger partial charge in [0.25, 0.3) is 0 Å². The summed E-state index contributed by atoms with van der Waals surface area (Å²) in [5.74, 6) is 1.50. The average molecular weight is 477 g/mol. The molecule has 2 fully saturated rings. The molecular weight excluding hydrogens is 436 g/mol. The van der Waals surface area contributed by atoms with Crippen molar-refractivity contribution in [3.63, 3.8) is 0 Å². The lowest BCUT2D eigenvalue weighted by atomic mass is 9.88. The van der Waals surface area contributed by atoms with E-state index < -0.39 is 0 Å². The number of fused-ring (bicyclic) bond motifs is 1. The number of hydrogen-bond acceptors (Lipinski definition) is 5. The highest BCUT2D eigenvalue weighted by Gasteiger charge is 2.33. The fourth-order valence-corrected chi connectivity index (χ4v) is 6.25. The number of nitrogens with one attached hydrogen (secondary N) is 1. The van der Waals surface area contributed by atoms with E-state index >= 15 is 0 Å². The Labute approximate surface area is 210 Å². The van der Waals surface area contributed by atoms with Gasteiger partial charge < -0.3 is 10.1 Å². The molecule has 188 valence electrons. The molecule has 1 aliphatic carbocycles. The summed E-state index contributed by atoms with van der Waals surface area (Å²) in [5.41, 5.74) is 4.15. The van der Waals surface area contributed by atoms with Crippen molar-refractivity contribution in [1.29, 1.82) is 0 Å². The minimum atomic E-state index is -0.00399. The van der Waals surface area contributed by atoms with Gasteiger partial charge in [0, 0.05) is 50.5 Å². The molecule has 3 aliphatic rings. The monoisotopic (exact) mass is 476 g/mol. The number of nitrogens with zero attached hydrogens (tertiary/aromatic N) is 3. The van der Waals surface area contributed by atoms with E-state index in [9.17, 15) is 4.79 Å². The minimum absolute atomic E-state index is 0.00399. The normalized spacial score (nSPS) is 24.9. The molecule has 1 amide bonds. The Balaban J connectivity index is 1.21. The highest BCUT2D eigenvalue weighted by Crippen LogP contribution is 2.28. The maximum absolute atomic E-state index is 13.3. The number of aryl methyl sites for hydroxylation is 2. The maximum atomic E-state index is 13.3. The predicted molar refractivity (Wildman–Crippen MR) is 138 cm³/mol. The van der Waals surface area contributed by atoms with Crippen molar-refractivity contribution >= 4 is 5.91 Å². The number of benzene rings is 1. The molecule has 1 unspecified atom stereocenters. The van der Waals surface area contributed by atoms with Crippen molar-refractivity contribution in [2.45, 2.75) is 58.0 Å². The number of piperidine rings is 1. The zero-order chi connectivity index (χ0) is 24.0. The molecule has 6 nitrogen and oxygen atoms in total. The van der Waals surface area contributed by atoms with Crippen molar-refractivity contribution in [2.75, 3.05) is 39.3 Å². The molecule has 1 aromatic carbocycles. The second-order valence-electron chi connectivity index (χ2n) is 10.6. The molecule has 2 saturated heterocycles. The lowest BCUT2D eigenvalue weighted by Crippen LogP contribution is -2.49. The lowest BCUT2D eigenvalue weighted by Gasteiger charge is -2.37. The third-order valence-corrected chi connectivity index (χ3v) is 8.11. The summed E-state index contributed by atoms with van der Waals surface area (Å²) >= 11 is 0. The van der Waals surface area contributed by atoms with E-state index in [1.165, 1.54) is 42.4 Å². The third-order valence-electron chi connectivity index (χ3n) is 8.11. The summed E-state index contributed by atoms with van der Waals surface area (Å²) in [6.07, 6.45) is 10.6. The van der Waals surface area contributed by atoms with E-state index in [-0.39, 0.29) is 11.8 Å². The number of likely N-dealkylation sites (N-methyl/N-ethyl adjacent to an activating group) is 1. The number of hydrogen-bond donors (Lipinski definition) is 1. The number of likely N-dealkylation sites (tertiary alicyclic amines) is 2. The number of carbonyl (C=O) groups is 1. The summed E-state index contributed by atoms with van der Waals surface area (Å²) < 4.78 is 6.29. The second-order valence-corrected chi connectivity index (χ2v) is 10.6. The lowest BCUT2D eigenvalue weighted by molar-refractivity contribution is -0.128. The van der Waals surface area contributed by atoms with Crippen LogP contribution in [0.1, 0.15) is 49.3 Å². The first-order chi connectivity index (χ1) is 17.2. The van der Waals surface area contributed by atoms with Crippen LogP contribution >= 0.6 is 0 Å². The van der Waals surface area contributed by atoms with Crippen LogP contribution in [0.5, 0.6) is 5.75 Å². The summed E-state index contributed by atoms with van der Waals surface area (Å²) in [4.78, 5) is 22.4. The highest BCUT2D eigenvalue weighted by atomic mass is 16.5. The number of amides is 1. The smallest absolute Gasteiger partial charge is 0.224 e. The second kappa shape index (κ2) is 11.5. The third kappa shape index (κ3) is 6.22. The van der Waals surface area contributed by atoms with Gasteiger partial charge in [-0.15, -0.1) is 0 Å². The molecule has 2 aromatic rings. The Morgan fingerprint density at radius 2 is 1.97 bits per heavy atom. The van der Waals surface area contributed by atoms with Crippen LogP contribution in [0.2, 0.25) is 0 Å². The van der Waals surface area contributed by atoms with E-state index in [2.05, 4.69) is 57.4 Å². The van der Waals surface area contributed by atoms with Crippen LogP contribution < -0.4 is 10.1 Å². The molecule has 1 aromatic heterocycles. The zero-order valence-electron chi connectivity index (χ0n) is 21.1. The van der Waals surface area contributed by atoms with Crippen molar-refractivity contribution < 1.29 is 9.53 Å². The molecule has 3 heterocycles. The Hall–Kier alpha value is -2.44. The first-order valence-electron chi connectivity index (χ1n) is 13.6. The number of aromatic nitrogens is 1. The molecule has 6 heteroatoms. The molecule has 35 heavy (non-hydrogen) atoms. The van der Waals surface area contributed by atoms with Crippen molar-refractivity contribution in [2.24, 2.45) is 11.8 Å². The van der Waals surface area contributed by atoms with Gasteiger partial charge in [0.2, 0.25) is 5.91 Å². The minimum Gasteiger partial charge on any atom is -0.493 e. The van der Waals surface area contributed by atoms with E-state index in [4.69, 9.17) is 4.74 Å². The van der Waals surface area contributed by atoms with Crippen LogP contribution in [0, 0.1) is 11.8 Å². The van der Waals surface area contributed by atoms with Crippen molar-refractivity contribution in [1.82, 2.24) is 20.1 Å². The van der Waals surface area contributed by atoms with Crippen molar-refractivity contribution in [3.8, 4) is 5.75 Å². The van der Waals surface area contributed by atoms with Crippen LogP contribution in [-0.4, -0.2) is 66.1 Å². The number of carbonyl (C=O) groups excluding carboxylic acids is 1. The van der Waals surface area contributed by atoms with Gasteiger partial charge in [-0.2, -0.15) is 0 Å². The SMILES string of the molecule is CCN1CCCC1CNC(=O)[C@@H]1C[C@H](COc2ccc3c(c2)CCC3)CN(Cc2ccncc2)C1. The first-order valence-corrected chi connectivity index (χ1v) is 13.6. The van der Waals surface area contributed by atoms with E-state index in [0.29, 0.717) is 18.6 Å². The summed E-state index contributed by atoms with van der Waals surface area (Å²) in [6.45, 7) is 8.44. The van der Waals surface area contributed by atoms with E-state index in [1.807, 2.05) is 12.4 Å². The Morgan fingerprint density at radius 1 is 1.11 bits per heavy atom. The van der Waals surface area contributed by atoms with Crippen LogP contribution in [0.25, 0.3) is 0 Å². The van der Waals surface area contributed by atoms with Crippen LogP contribution in [0.3, 0.4) is 0 Å². The molecule has 0 radical (unpaired) electrons. The van der Waals surface area contributed by atoms with Gasteiger partial charge in [-0.05, 0) is 92.6 Å². The van der Waals surface area contributed by atoms with Gasteiger partial charge in [-0.25, -0.2) is 0 Å². The molecule has 5 rings (SSSR count). The van der Waals surface area contributed by atoms with Crippen LogP contribution in [0.15, 0.2) is 42.7 Å². The standard InChI is InChI=1S/C29H40N4O2/c1-2-33-14-4-7-27(33)17-31-29(34)26-15-23(19-32(20-26)18-22-10-12-30-13-11-22)21-35-28-9-8-24-5-3-6-25(24)16-28/h8-13,16,23,26-27H,2-7,14-15,17-21H2,1H3,(H,31,34)/t23-,26+,27?/m0/s1. The maximum Gasteiger partial charge on any atom is 0.224 e. The number of ether oxygens (including phenoxy) is 1. The number of pyridine rings is 1. The van der Waals surface area contributed by atoms with Gasteiger partial charge in [-0.3, -0.25) is 19.6 Å². The average Bonchev–Trinajstić information content (AvgIpc) is 3.55. The van der Waals surface area contributed by atoms with Gasteiger partial charge in [0.1, 0.15) is 5.75 Å². The fourth-order valence-electron chi connectivity index (χ4n) is 6.25. The molecule has 0 bridgehead atoms. The molecule has 0 spiro atoms. The topological polar surface area (TPSA) is 57.7 Å². The van der Waals surface area contributed by atoms with Crippen LogP contribution in [0.4, 0.5) is 0 Å². The quantitative estimate of drug-likeness (QED) is 0.598. The fraction of sp³-hybridized carbons (Fsp3) is 0.586. The van der Waals surface area contributed by atoms with Gasteiger partial charge in [-0.1, -0.05) is 13.0 Å². The van der Waals surface area contributed by atoms with Gasteiger partial charge >= 0.3 is 0 Å². The Bertz CT molecular complexity index is 982. The Morgan fingerprint density at radius 3 is 2.83 bits per heavy atom. The predicted octanol–water partition coefficient (Wildman–Crippen LogP) is 3.69. The number of rotatable bonds is 9. The van der Waals surface area contributed by atoms with Crippen LogP contribution in [-0.2, 0) is 24.2 Å².